The molecule has 1 aromatic rings. The molecule has 2 rings (SSSR count). The SMILES string of the molecule is O=C(CCCCBr)NC1(c2ccc(Br)cc2)CC1. The Kier molecular flexibility index (Phi) is 4.84. The van der Waals surface area contributed by atoms with Crippen LogP contribution in [-0.2, 0) is 10.3 Å². The summed E-state index contributed by atoms with van der Waals surface area (Å²) in [5, 5.41) is 4.16. The van der Waals surface area contributed by atoms with E-state index in [1.54, 1.807) is 0 Å². The molecule has 0 aliphatic heterocycles. The second-order valence-electron chi connectivity index (χ2n) is 4.78. The van der Waals surface area contributed by atoms with Gasteiger partial charge in [-0.2, -0.15) is 0 Å². The number of carbonyl (C=O) groups excluding carboxylic acids is 1. The highest BCUT2D eigenvalue weighted by Gasteiger charge is 2.45. The van der Waals surface area contributed by atoms with Gasteiger partial charge in [0.2, 0.25) is 5.91 Å². The van der Waals surface area contributed by atoms with Crippen LogP contribution < -0.4 is 5.32 Å². The predicted octanol–water partition coefficient (Wildman–Crippen LogP) is 4.12. The fourth-order valence-corrected chi connectivity index (χ4v) is 2.75. The number of amides is 1. The Hall–Kier alpha value is -0.350. The van der Waals surface area contributed by atoms with Gasteiger partial charge in [0.25, 0.3) is 0 Å². The minimum Gasteiger partial charge on any atom is -0.347 e. The molecule has 2 nitrogen and oxygen atoms in total. The van der Waals surface area contributed by atoms with Gasteiger partial charge in [-0.1, -0.05) is 44.0 Å². The molecular weight excluding hydrogens is 358 g/mol. The highest BCUT2D eigenvalue weighted by molar-refractivity contribution is 9.10. The molecule has 0 spiro atoms. The fourth-order valence-electron chi connectivity index (χ4n) is 2.09. The van der Waals surface area contributed by atoms with Gasteiger partial charge in [0.1, 0.15) is 0 Å². The van der Waals surface area contributed by atoms with Gasteiger partial charge in [-0.25, -0.2) is 0 Å². The molecule has 1 aliphatic rings. The Morgan fingerprint density at radius 1 is 1.22 bits per heavy atom. The van der Waals surface area contributed by atoms with E-state index in [4.69, 9.17) is 0 Å². The van der Waals surface area contributed by atoms with E-state index in [0.717, 1.165) is 35.5 Å². The summed E-state index contributed by atoms with van der Waals surface area (Å²) in [5.41, 5.74) is 1.14. The fraction of sp³-hybridized carbons (Fsp3) is 0.500. The van der Waals surface area contributed by atoms with Crippen LogP contribution in [0.25, 0.3) is 0 Å². The Labute approximate surface area is 125 Å². The quantitative estimate of drug-likeness (QED) is 0.588. The molecule has 0 atom stereocenters. The van der Waals surface area contributed by atoms with Crippen LogP contribution in [0.2, 0.25) is 0 Å². The highest BCUT2D eigenvalue weighted by atomic mass is 79.9. The summed E-state index contributed by atoms with van der Waals surface area (Å²) in [7, 11) is 0. The lowest BCUT2D eigenvalue weighted by Crippen LogP contribution is -2.34. The van der Waals surface area contributed by atoms with Crippen molar-refractivity contribution in [3.05, 3.63) is 34.3 Å². The van der Waals surface area contributed by atoms with Gasteiger partial charge in [0.15, 0.2) is 0 Å². The lowest BCUT2D eigenvalue weighted by molar-refractivity contribution is -0.122. The van der Waals surface area contributed by atoms with E-state index in [9.17, 15) is 4.79 Å². The Morgan fingerprint density at radius 2 is 1.89 bits per heavy atom. The maximum Gasteiger partial charge on any atom is 0.220 e. The van der Waals surface area contributed by atoms with Gasteiger partial charge in [-0.15, -0.1) is 0 Å². The number of hydrogen-bond acceptors (Lipinski definition) is 1. The highest BCUT2D eigenvalue weighted by Crippen LogP contribution is 2.45. The summed E-state index contributed by atoms with van der Waals surface area (Å²) >= 11 is 6.81. The number of rotatable bonds is 6. The Bertz CT molecular complexity index is 412. The Balaban J connectivity index is 1.92. The third-order valence-electron chi connectivity index (χ3n) is 3.31. The first-order chi connectivity index (χ1) is 8.66. The summed E-state index contributed by atoms with van der Waals surface area (Å²) in [6, 6.07) is 8.25. The molecule has 1 saturated carbocycles. The van der Waals surface area contributed by atoms with E-state index in [-0.39, 0.29) is 11.4 Å². The molecule has 1 aromatic carbocycles. The molecular formula is C14H17Br2NO. The molecule has 0 heterocycles. The van der Waals surface area contributed by atoms with Gasteiger partial charge in [-0.05, 0) is 43.4 Å². The third-order valence-corrected chi connectivity index (χ3v) is 4.40. The zero-order valence-corrected chi connectivity index (χ0v) is 13.4. The van der Waals surface area contributed by atoms with Crippen LogP contribution >= 0.6 is 31.9 Å². The van der Waals surface area contributed by atoms with Crippen molar-refractivity contribution in [3.8, 4) is 0 Å². The maximum absolute atomic E-state index is 11.9. The van der Waals surface area contributed by atoms with E-state index in [1.807, 2.05) is 12.1 Å². The molecule has 0 radical (unpaired) electrons. The normalized spacial score (nSPS) is 16.3. The number of benzene rings is 1. The van der Waals surface area contributed by atoms with Crippen molar-refractivity contribution in [3.63, 3.8) is 0 Å². The second kappa shape index (κ2) is 6.20. The van der Waals surface area contributed by atoms with Gasteiger partial charge in [0, 0.05) is 16.2 Å². The molecule has 1 amide bonds. The molecule has 0 saturated heterocycles. The van der Waals surface area contributed by atoms with Gasteiger partial charge >= 0.3 is 0 Å². The van der Waals surface area contributed by atoms with E-state index in [0.29, 0.717) is 6.42 Å². The first kappa shape index (κ1) is 14.1. The van der Waals surface area contributed by atoms with Gasteiger partial charge in [-0.3, -0.25) is 4.79 Å². The van der Waals surface area contributed by atoms with Crippen molar-refractivity contribution in [1.29, 1.82) is 0 Å². The second-order valence-corrected chi connectivity index (χ2v) is 6.49. The minimum absolute atomic E-state index is 0.0772. The van der Waals surface area contributed by atoms with E-state index < -0.39 is 0 Å². The molecule has 4 heteroatoms. The average Bonchev–Trinajstić information content (AvgIpc) is 3.11. The van der Waals surface area contributed by atoms with Crippen LogP contribution in [-0.4, -0.2) is 11.2 Å². The number of unbranched alkanes of at least 4 members (excludes halogenated alkanes) is 1. The first-order valence-electron chi connectivity index (χ1n) is 6.29. The summed E-state index contributed by atoms with van der Waals surface area (Å²) in [6.07, 6.45) is 4.74. The number of alkyl halides is 1. The monoisotopic (exact) mass is 373 g/mol. The van der Waals surface area contributed by atoms with Gasteiger partial charge in [0.05, 0.1) is 5.54 Å². The van der Waals surface area contributed by atoms with Crippen molar-refractivity contribution < 1.29 is 4.79 Å². The number of halogens is 2. The van der Waals surface area contributed by atoms with E-state index in [1.165, 1.54) is 5.56 Å². The third kappa shape index (κ3) is 3.58. The first-order valence-corrected chi connectivity index (χ1v) is 8.21. The standard InChI is InChI=1S/C14H17Br2NO/c15-10-2-1-3-13(18)17-14(8-9-14)11-4-6-12(16)7-5-11/h4-7H,1-3,8-10H2,(H,17,18). The largest absolute Gasteiger partial charge is 0.347 e. The number of carbonyl (C=O) groups is 1. The van der Waals surface area contributed by atoms with Crippen molar-refractivity contribution in [2.75, 3.05) is 5.33 Å². The topological polar surface area (TPSA) is 29.1 Å². The van der Waals surface area contributed by atoms with Crippen LogP contribution in [0.3, 0.4) is 0 Å². The zero-order valence-electron chi connectivity index (χ0n) is 10.2. The summed E-state index contributed by atoms with van der Waals surface area (Å²) in [6.45, 7) is 0. The van der Waals surface area contributed by atoms with Crippen molar-refractivity contribution in [2.45, 2.75) is 37.6 Å². The predicted molar refractivity (Wildman–Crippen MR) is 80.8 cm³/mol. The molecule has 1 aliphatic carbocycles. The van der Waals surface area contributed by atoms with Gasteiger partial charge < -0.3 is 5.32 Å². The number of nitrogens with one attached hydrogen (secondary N) is 1. The van der Waals surface area contributed by atoms with Crippen LogP contribution in [0.15, 0.2) is 28.7 Å². The van der Waals surface area contributed by atoms with E-state index >= 15 is 0 Å². The molecule has 1 N–H and O–H groups in total. The lowest BCUT2D eigenvalue weighted by atomic mass is 10.0. The van der Waals surface area contributed by atoms with Crippen molar-refractivity contribution in [2.24, 2.45) is 0 Å². The summed E-state index contributed by atoms with van der Waals surface area (Å²) in [5.74, 6) is 0.177. The lowest BCUT2D eigenvalue weighted by Gasteiger charge is -2.18. The molecule has 0 aromatic heterocycles. The number of hydrogen-bond donors (Lipinski definition) is 1. The summed E-state index contributed by atoms with van der Waals surface area (Å²) < 4.78 is 1.07. The van der Waals surface area contributed by atoms with Crippen molar-refractivity contribution in [1.82, 2.24) is 5.32 Å². The van der Waals surface area contributed by atoms with Crippen molar-refractivity contribution >= 4 is 37.8 Å². The molecule has 0 bridgehead atoms. The minimum atomic E-state index is -0.0772. The zero-order chi connectivity index (χ0) is 13.0. The van der Waals surface area contributed by atoms with E-state index in [2.05, 4.69) is 49.3 Å². The van der Waals surface area contributed by atoms with Crippen LogP contribution in [0, 0.1) is 0 Å². The van der Waals surface area contributed by atoms with Crippen LogP contribution in [0.5, 0.6) is 0 Å². The van der Waals surface area contributed by atoms with Crippen LogP contribution in [0.4, 0.5) is 0 Å². The maximum atomic E-state index is 11.9. The summed E-state index contributed by atoms with van der Waals surface area (Å²) in [4.78, 5) is 11.9. The molecule has 1 fully saturated rings. The molecule has 0 unspecified atom stereocenters. The molecule has 18 heavy (non-hydrogen) atoms. The smallest absolute Gasteiger partial charge is 0.220 e. The van der Waals surface area contributed by atoms with Crippen LogP contribution in [0.1, 0.15) is 37.7 Å². The molecule has 98 valence electrons. The average molecular weight is 375 g/mol. The Morgan fingerprint density at radius 3 is 2.44 bits per heavy atom.